The molecule has 8 nitrogen and oxygen atoms in total. The molecule has 1 aliphatic rings. The fourth-order valence-corrected chi connectivity index (χ4v) is 4.14. The van der Waals surface area contributed by atoms with Gasteiger partial charge in [0.2, 0.25) is 11.0 Å². The summed E-state index contributed by atoms with van der Waals surface area (Å²) < 4.78 is 0. The van der Waals surface area contributed by atoms with E-state index in [0.29, 0.717) is 24.4 Å². The summed E-state index contributed by atoms with van der Waals surface area (Å²) in [5, 5.41) is 19.5. The lowest BCUT2D eigenvalue weighted by Crippen LogP contribution is -2.50. The first-order valence-corrected chi connectivity index (χ1v) is 10.3. The largest absolute Gasteiger partial charge is 0.504 e. The van der Waals surface area contributed by atoms with Crippen LogP contribution in [0.25, 0.3) is 0 Å². The third kappa shape index (κ3) is 4.56. The van der Waals surface area contributed by atoms with Crippen LogP contribution >= 0.6 is 11.8 Å². The minimum atomic E-state index is -0.804. The Labute approximate surface area is 178 Å². The average molecular weight is 429 g/mol. The van der Waals surface area contributed by atoms with E-state index in [9.17, 15) is 24.6 Å². The van der Waals surface area contributed by atoms with Gasteiger partial charge in [-0.25, -0.2) is 4.98 Å². The van der Waals surface area contributed by atoms with Gasteiger partial charge < -0.3 is 20.0 Å². The molecule has 0 radical (unpaired) electrons. The molecule has 0 spiro atoms. The van der Waals surface area contributed by atoms with Gasteiger partial charge in [0.25, 0.3) is 5.91 Å². The standard InChI is InChI=1S/C21H23N3O5S/c1-13(23(2)20(28)14-8-9-16(25)17(26)12-14)19(27)24-11-5-6-15(24)21(29)30-18-7-3-4-10-22-18/h3-4,7-10,12-13,15,25-26H,5-6,11H2,1-2H3. The van der Waals surface area contributed by atoms with Crippen molar-refractivity contribution < 1.29 is 24.6 Å². The molecule has 1 fully saturated rings. The topological polar surface area (TPSA) is 111 Å². The molecular formula is C21H23N3O5S. The Bertz CT molecular complexity index is 953. The van der Waals surface area contributed by atoms with Crippen LogP contribution in [0.1, 0.15) is 30.1 Å². The van der Waals surface area contributed by atoms with Crippen LogP contribution in [0.15, 0.2) is 47.6 Å². The van der Waals surface area contributed by atoms with Crippen LogP contribution in [0.2, 0.25) is 0 Å². The number of nitrogens with zero attached hydrogens (tertiary/aromatic N) is 3. The summed E-state index contributed by atoms with van der Waals surface area (Å²) in [5.74, 6) is -1.53. The Kier molecular flexibility index (Phi) is 6.61. The first-order chi connectivity index (χ1) is 14.3. The number of hydrogen-bond donors (Lipinski definition) is 2. The smallest absolute Gasteiger partial charge is 0.254 e. The van der Waals surface area contributed by atoms with Gasteiger partial charge >= 0.3 is 0 Å². The van der Waals surface area contributed by atoms with Gasteiger partial charge in [0.05, 0.1) is 0 Å². The van der Waals surface area contributed by atoms with E-state index in [2.05, 4.69) is 4.98 Å². The predicted octanol–water partition coefficient (Wildman–Crippen LogP) is 2.26. The molecule has 9 heteroatoms. The minimum Gasteiger partial charge on any atom is -0.504 e. The van der Waals surface area contributed by atoms with E-state index in [0.717, 1.165) is 17.8 Å². The maximum absolute atomic E-state index is 13.1. The Hall–Kier alpha value is -3.07. The second kappa shape index (κ2) is 9.17. The first-order valence-electron chi connectivity index (χ1n) is 9.52. The van der Waals surface area contributed by atoms with E-state index in [1.807, 2.05) is 0 Å². The highest BCUT2D eigenvalue weighted by Crippen LogP contribution is 2.28. The summed E-state index contributed by atoms with van der Waals surface area (Å²) >= 11 is 1.01. The van der Waals surface area contributed by atoms with Gasteiger partial charge in [-0.3, -0.25) is 14.4 Å². The molecule has 1 saturated heterocycles. The number of likely N-dealkylation sites (N-methyl/N-ethyl adjacent to an activating group) is 1. The summed E-state index contributed by atoms with van der Waals surface area (Å²) in [6.45, 7) is 2.05. The lowest BCUT2D eigenvalue weighted by atomic mass is 10.1. The molecule has 2 unspecified atom stereocenters. The fraction of sp³-hybridized carbons (Fsp3) is 0.333. The van der Waals surface area contributed by atoms with Gasteiger partial charge in [0.1, 0.15) is 17.1 Å². The second-order valence-electron chi connectivity index (χ2n) is 7.07. The first kappa shape index (κ1) is 21.6. The molecule has 158 valence electrons. The monoisotopic (exact) mass is 429 g/mol. The van der Waals surface area contributed by atoms with Gasteiger partial charge in [0, 0.05) is 25.4 Å². The molecule has 0 saturated carbocycles. The van der Waals surface area contributed by atoms with Crippen molar-refractivity contribution in [2.24, 2.45) is 0 Å². The summed E-state index contributed by atoms with van der Waals surface area (Å²) in [6.07, 6.45) is 2.89. The molecule has 3 rings (SSSR count). The lowest BCUT2D eigenvalue weighted by Gasteiger charge is -2.31. The van der Waals surface area contributed by atoms with Crippen molar-refractivity contribution in [3.8, 4) is 11.5 Å². The molecule has 1 aromatic heterocycles. The van der Waals surface area contributed by atoms with Crippen molar-refractivity contribution in [3.05, 3.63) is 48.2 Å². The Morgan fingerprint density at radius 3 is 2.63 bits per heavy atom. The summed E-state index contributed by atoms with van der Waals surface area (Å²) in [4.78, 5) is 45.5. The van der Waals surface area contributed by atoms with Crippen LogP contribution in [0, 0.1) is 0 Å². The van der Waals surface area contributed by atoms with Crippen LogP contribution in [-0.2, 0) is 9.59 Å². The molecular weight excluding hydrogens is 406 g/mol. The number of pyridine rings is 1. The molecule has 0 bridgehead atoms. The number of thioether (sulfide) groups is 1. The van der Waals surface area contributed by atoms with Gasteiger partial charge in [-0.1, -0.05) is 6.07 Å². The van der Waals surface area contributed by atoms with Crippen molar-refractivity contribution in [3.63, 3.8) is 0 Å². The number of phenols is 2. The summed E-state index contributed by atoms with van der Waals surface area (Å²) in [7, 11) is 1.49. The lowest BCUT2D eigenvalue weighted by molar-refractivity contribution is -0.138. The normalized spacial score (nSPS) is 16.9. The molecule has 2 amide bonds. The number of benzene rings is 1. The van der Waals surface area contributed by atoms with E-state index < -0.39 is 23.7 Å². The summed E-state index contributed by atoms with van der Waals surface area (Å²) in [6, 6.07) is 7.67. The number of likely N-dealkylation sites (tertiary alicyclic amines) is 1. The van der Waals surface area contributed by atoms with Crippen LogP contribution in [0.5, 0.6) is 11.5 Å². The second-order valence-corrected chi connectivity index (χ2v) is 8.10. The van der Waals surface area contributed by atoms with E-state index in [1.165, 1.54) is 29.0 Å². The minimum absolute atomic E-state index is 0.146. The molecule has 1 aliphatic heterocycles. The number of amides is 2. The predicted molar refractivity (Wildman–Crippen MR) is 111 cm³/mol. The molecule has 2 aromatic rings. The third-order valence-corrected chi connectivity index (χ3v) is 6.06. The molecule has 1 aromatic carbocycles. The van der Waals surface area contributed by atoms with Gasteiger partial charge in [-0.2, -0.15) is 0 Å². The number of aromatic hydroxyl groups is 2. The van der Waals surface area contributed by atoms with Crippen molar-refractivity contribution in [2.75, 3.05) is 13.6 Å². The number of hydrogen-bond acceptors (Lipinski definition) is 7. The highest BCUT2D eigenvalue weighted by Gasteiger charge is 2.38. The fourth-order valence-electron chi connectivity index (χ4n) is 3.30. The van der Waals surface area contributed by atoms with E-state index in [1.54, 1.807) is 31.3 Å². The zero-order valence-corrected chi connectivity index (χ0v) is 17.5. The number of carbonyl (C=O) groups excluding carboxylic acids is 3. The Balaban J connectivity index is 1.69. The molecule has 2 N–H and O–H groups in total. The van der Waals surface area contributed by atoms with Gasteiger partial charge in [-0.05, 0) is 61.9 Å². The molecule has 30 heavy (non-hydrogen) atoms. The molecule has 0 aliphatic carbocycles. The van der Waals surface area contributed by atoms with Crippen LogP contribution in [-0.4, -0.2) is 67.6 Å². The number of rotatable bonds is 5. The Morgan fingerprint density at radius 2 is 1.97 bits per heavy atom. The van der Waals surface area contributed by atoms with E-state index in [4.69, 9.17) is 0 Å². The van der Waals surface area contributed by atoms with Crippen molar-refractivity contribution in [2.45, 2.75) is 36.9 Å². The number of carbonyl (C=O) groups is 3. The van der Waals surface area contributed by atoms with Crippen molar-refractivity contribution in [1.82, 2.24) is 14.8 Å². The highest BCUT2D eigenvalue weighted by molar-refractivity contribution is 8.13. The molecule has 2 atom stereocenters. The number of aromatic nitrogens is 1. The Morgan fingerprint density at radius 1 is 1.20 bits per heavy atom. The highest BCUT2D eigenvalue weighted by atomic mass is 32.2. The van der Waals surface area contributed by atoms with Crippen LogP contribution in [0.3, 0.4) is 0 Å². The van der Waals surface area contributed by atoms with Crippen molar-refractivity contribution in [1.29, 1.82) is 0 Å². The zero-order chi connectivity index (χ0) is 21.8. The SMILES string of the molecule is CC(C(=O)N1CCCC1C(=O)Sc1ccccn1)N(C)C(=O)c1ccc(O)c(O)c1. The van der Waals surface area contributed by atoms with Crippen LogP contribution < -0.4 is 0 Å². The zero-order valence-electron chi connectivity index (χ0n) is 16.7. The summed E-state index contributed by atoms with van der Waals surface area (Å²) in [5.41, 5.74) is 0.146. The third-order valence-electron chi connectivity index (χ3n) is 5.13. The van der Waals surface area contributed by atoms with Gasteiger partial charge in [0.15, 0.2) is 11.5 Å². The number of phenolic OH excluding ortho intramolecular Hbond substituents is 2. The van der Waals surface area contributed by atoms with Gasteiger partial charge in [-0.15, -0.1) is 0 Å². The van der Waals surface area contributed by atoms with Crippen molar-refractivity contribution >= 4 is 28.7 Å². The van der Waals surface area contributed by atoms with E-state index >= 15 is 0 Å². The maximum Gasteiger partial charge on any atom is 0.254 e. The average Bonchev–Trinajstić information content (AvgIpc) is 3.24. The van der Waals surface area contributed by atoms with Crippen LogP contribution in [0.4, 0.5) is 0 Å². The van der Waals surface area contributed by atoms with E-state index in [-0.39, 0.29) is 22.3 Å². The maximum atomic E-state index is 13.1. The molecule has 2 heterocycles. The quantitative estimate of drug-likeness (QED) is 0.554.